The number of amides is 1. The third-order valence-electron chi connectivity index (χ3n) is 7.58. The Labute approximate surface area is 208 Å². The van der Waals surface area contributed by atoms with Gasteiger partial charge in [0, 0.05) is 45.5 Å². The molecule has 188 valence electrons. The first-order valence-corrected chi connectivity index (χ1v) is 12.8. The lowest BCUT2D eigenvalue weighted by Crippen LogP contribution is -2.39. The maximum absolute atomic E-state index is 13.8. The zero-order chi connectivity index (χ0) is 24.8. The van der Waals surface area contributed by atoms with Crippen LogP contribution < -0.4 is 21.0 Å². The summed E-state index contributed by atoms with van der Waals surface area (Å²) >= 11 is 0. The van der Waals surface area contributed by atoms with E-state index < -0.39 is 0 Å². The molecule has 0 aliphatic carbocycles. The molecule has 4 aromatic rings. The lowest BCUT2D eigenvalue weighted by atomic mass is 10.1. The number of nitrogens with one attached hydrogen (secondary N) is 2. The number of rotatable bonds is 4. The van der Waals surface area contributed by atoms with Crippen molar-refractivity contribution in [1.29, 1.82) is 0 Å². The topological polar surface area (TPSA) is 99.8 Å². The van der Waals surface area contributed by atoms with E-state index in [0.29, 0.717) is 29.2 Å². The summed E-state index contributed by atoms with van der Waals surface area (Å²) in [5, 5.41) is 6.74. The Morgan fingerprint density at radius 3 is 2.75 bits per heavy atom. The van der Waals surface area contributed by atoms with Gasteiger partial charge in [-0.1, -0.05) is 12.1 Å². The van der Waals surface area contributed by atoms with E-state index in [1.165, 1.54) is 0 Å². The van der Waals surface area contributed by atoms with Gasteiger partial charge < -0.3 is 25.0 Å². The lowest BCUT2D eigenvalue weighted by molar-refractivity contribution is 0.0950. The van der Waals surface area contributed by atoms with E-state index in [1.807, 2.05) is 40.3 Å². The van der Waals surface area contributed by atoms with Crippen LogP contribution in [0.15, 0.2) is 35.3 Å². The Bertz CT molecular complexity index is 1520. The van der Waals surface area contributed by atoms with E-state index in [0.717, 1.165) is 63.0 Å². The molecule has 2 N–H and O–H groups in total. The smallest absolute Gasteiger partial charge is 0.259 e. The Kier molecular flexibility index (Phi) is 5.85. The van der Waals surface area contributed by atoms with Crippen LogP contribution >= 0.6 is 0 Å². The van der Waals surface area contributed by atoms with Crippen LogP contribution in [0, 0.1) is 0 Å². The van der Waals surface area contributed by atoms with Crippen LogP contribution in [0.3, 0.4) is 0 Å². The minimum atomic E-state index is -0.362. The minimum absolute atomic E-state index is 0.131. The molecule has 1 amide bonds. The van der Waals surface area contributed by atoms with Gasteiger partial charge in [0.2, 0.25) is 11.4 Å². The SMILES string of the molecule is CN1CCCN(c2ncc3c(=O)c(C(=O)NCC4CCCN4)c4n(C)c5ccccc5n4c3n2)CC1. The standard InChI is InChI=1S/C26H32N8O2/c1-31-11-6-12-33(14-13-31)26-29-16-18-22(35)21(24(36)28-15-17-7-5-10-27-17)25-32(2)19-8-3-4-9-20(19)34(25)23(18)30-26/h3-4,8-9,16-17,27H,5-7,10-15H2,1-2H3,(H,28,36). The van der Waals surface area contributed by atoms with Crippen molar-refractivity contribution in [3.8, 4) is 0 Å². The number of aromatic nitrogens is 4. The molecule has 0 bridgehead atoms. The number of fused-ring (bicyclic) bond motifs is 5. The fraction of sp³-hybridized carbons (Fsp3) is 0.462. The van der Waals surface area contributed by atoms with Crippen molar-refractivity contribution in [3.63, 3.8) is 0 Å². The van der Waals surface area contributed by atoms with Crippen molar-refractivity contribution in [2.75, 3.05) is 51.2 Å². The Morgan fingerprint density at radius 2 is 1.94 bits per heavy atom. The predicted octanol–water partition coefficient (Wildman–Crippen LogP) is 1.36. The summed E-state index contributed by atoms with van der Waals surface area (Å²) < 4.78 is 3.87. The van der Waals surface area contributed by atoms with Crippen molar-refractivity contribution in [2.24, 2.45) is 7.05 Å². The molecule has 0 saturated carbocycles. The number of anilines is 1. The van der Waals surface area contributed by atoms with Gasteiger partial charge in [-0.2, -0.15) is 4.98 Å². The van der Waals surface area contributed by atoms with Crippen molar-refractivity contribution < 1.29 is 4.79 Å². The summed E-state index contributed by atoms with van der Waals surface area (Å²) in [6.45, 7) is 5.10. The second kappa shape index (κ2) is 9.18. The van der Waals surface area contributed by atoms with Crippen LogP contribution in [0.1, 0.15) is 29.6 Å². The van der Waals surface area contributed by atoms with Gasteiger partial charge in [0.05, 0.1) is 16.4 Å². The van der Waals surface area contributed by atoms with Crippen LogP contribution in [0.2, 0.25) is 0 Å². The van der Waals surface area contributed by atoms with Crippen LogP contribution in [0.5, 0.6) is 0 Å². The summed E-state index contributed by atoms with van der Waals surface area (Å²) in [4.78, 5) is 41.3. The number of nitrogens with zero attached hydrogens (tertiary/aromatic N) is 6. The number of likely N-dealkylation sites (N-methyl/N-ethyl adjacent to an activating group) is 1. The third-order valence-corrected chi connectivity index (χ3v) is 7.58. The third kappa shape index (κ3) is 3.81. The number of benzene rings is 1. The van der Waals surface area contributed by atoms with Crippen LogP contribution in [0.4, 0.5) is 5.95 Å². The number of pyridine rings is 1. The average Bonchev–Trinajstić information content (AvgIpc) is 3.45. The number of para-hydroxylation sites is 2. The summed E-state index contributed by atoms with van der Waals surface area (Å²) in [7, 11) is 4.02. The summed E-state index contributed by atoms with van der Waals surface area (Å²) in [5.41, 5.74) is 2.69. The van der Waals surface area contributed by atoms with Crippen molar-refractivity contribution in [3.05, 3.63) is 46.2 Å². The van der Waals surface area contributed by atoms with E-state index >= 15 is 0 Å². The number of aryl methyl sites for hydroxylation is 1. The van der Waals surface area contributed by atoms with E-state index in [4.69, 9.17) is 4.98 Å². The second-order valence-corrected chi connectivity index (χ2v) is 9.97. The molecule has 5 heterocycles. The van der Waals surface area contributed by atoms with Crippen LogP contribution in [-0.2, 0) is 7.05 Å². The van der Waals surface area contributed by atoms with Crippen molar-refractivity contribution >= 4 is 39.6 Å². The van der Waals surface area contributed by atoms with E-state index in [-0.39, 0.29) is 22.9 Å². The van der Waals surface area contributed by atoms with Crippen molar-refractivity contribution in [1.82, 2.24) is 34.5 Å². The molecule has 2 aliphatic heterocycles. The highest BCUT2D eigenvalue weighted by atomic mass is 16.2. The van der Waals surface area contributed by atoms with Gasteiger partial charge in [0.15, 0.2) is 5.65 Å². The first kappa shape index (κ1) is 22.9. The lowest BCUT2D eigenvalue weighted by Gasteiger charge is -2.20. The summed E-state index contributed by atoms with van der Waals surface area (Å²) in [6.07, 6.45) is 4.73. The molecule has 0 radical (unpaired) electrons. The van der Waals surface area contributed by atoms with Crippen LogP contribution in [-0.4, -0.2) is 82.1 Å². The molecule has 1 aromatic carbocycles. The molecule has 1 unspecified atom stereocenters. The number of imidazole rings is 1. The predicted molar refractivity (Wildman–Crippen MR) is 141 cm³/mol. The molecule has 6 rings (SSSR count). The van der Waals surface area contributed by atoms with Gasteiger partial charge in [-0.25, -0.2) is 4.98 Å². The average molecular weight is 489 g/mol. The van der Waals surface area contributed by atoms with Crippen LogP contribution in [0.25, 0.3) is 27.7 Å². The van der Waals surface area contributed by atoms with Gasteiger partial charge in [-0.3, -0.25) is 14.0 Å². The van der Waals surface area contributed by atoms with E-state index in [1.54, 1.807) is 6.20 Å². The first-order valence-electron chi connectivity index (χ1n) is 12.8. The zero-order valence-electron chi connectivity index (χ0n) is 20.8. The molecule has 10 nitrogen and oxygen atoms in total. The largest absolute Gasteiger partial charge is 0.350 e. The van der Waals surface area contributed by atoms with Gasteiger partial charge in [-0.15, -0.1) is 0 Å². The molecule has 2 fully saturated rings. The minimum Gasteiger partial charge on any atom is -0.350 e. The quantitative estimate of drug-likeness (QED) is 0.447. The molecule has 1 atom stereocenters. The Morgan fingerprint density at radius 1 is 1.11 bits per heavy atom. The normalized spacial score (nSPS) is 19.4. The Balaban J connectivity index is 1.54. The van der Waals surface area contributed by atoms with Gasteiger partial charge >= 0.3 is 0 Å². The fourth-order valence-electron chi connectivity index (χ4n) is 5.58. The molecule has 2 aliphatic rings. The van der Waals surface area contributed by atoms with E-state index in [9.17, 15) is 9.59 Å². The maximum atomic E-state index is 13.8. The highest BCUT2D eigenvalue weighted by molar-refractivity contribution is 6.05. The zero-order valence-corrected chi connectivity index (χ0v) is 20.8. The molecule has 10 heteroatoms. The second-order valence-electron chi connectivity index (χ2n) is 9.97. The number of hydrogen-bond acceptors (Lipinski definition) is 7. The molecule has 0 spiro atoms. The first-order chi connectivity index (χ1) is 17.5. The van der Waals surface area contributed by atoms with Crippen molar-refractivity contribution in [2.45, 2.75) is 25.3 Å². The molecular formula is C26H32N8O2. The number of hydrogen-bond donors (Lipinski definition) is 2. The summed E-state index contributed by atoms with van der Waals surface area (Å²) in [5.74, 6) is 0.252. The van der Waals surface area contributed by atoms with Gasteiger partial charge in [-0.05, 0) is 51.5 Å². The summed E-state index contributed by atoms with van der Waals surface area (Å²) in [6, 6.07) is 8.15. The number of carbonyl (C=O) groups is 1. The maximum Gasteiger partial charge on any atom is 0.259 e. The highest BCUT2D eigenvalue weighted by Crippen LogP contribution is 2.26. The number of carbonyl (C=O) groups excluding carboxylic acids is 1. The highest BCUT2D eigenvalue weighted by Gasteiger charge is 2.26. The molecule has 2 saturated heterocycles. The molecule has 3 aromatic heterocycles. The molecular weight excluding hydrogens is 456 g/mol. The fourth-order valence-corrected chi connectivity index (χ4v) is 5.58. The molecule has 36 heavy (non-hydrogen) atoms. The van der Waals surface area contributed by atoms with E-state index in [2.05, 4.69) is 32.5 Å². The van der Waals surface area contributed by atoms with Gasteiger partial charge in [0.25, 0.3) is 5.91 Å². The monoisotopic (exact) mass is 488 g/mol. The van der Waals surface area contributed by atoms with Gasteiger partial charge in [0.1, 0.15) is 11.2 Å². The Hall–Kier alpha value is -3.50.